The third-order valence-electron chi connectivity index (χ3n) is 4.15. The van der Waals surface area contributed by atoms with Gasteiger partial charge in [-0.25, -0.2) is 4.90 Å². The van der Waals surface area contributed by atoms with Gasteiger partial charge in [0.15, 0.2) is 0 Å². The van der Waals surface area contributed by atoms with E-state index in [2.05, 4.69) is 0 Å². The molecule has 0 spiro atoms. The van der Waals surface area contributed by atoms with Crippen LogP contribution in [0.5, 0.6) is 0 Å². The van der Waals surface area contributed by atoms with E-state index in [-0.39, 0.29) is 11.8 Å². The van der Waals surface area contributed by atoms with E-state index in [0.29, 0.717) is 27.2 Å². The number of rotatable bonds is 1. The molecule has 0 radical (unpaired) electrons. The first kappa shape index (κ1) is 14.0. The first-order valence-electron chi connectivity index (χ1n) is 7.24. The number of halogens is 1. The van der Waals surface area contributed by atoms with Crippen LogP contribution in [0.4, 0.5) is 5.69 Å². The molecule has 3 aromatic rings. The van der Waals surface area contributed by atoms with Gasteiger partial charge >= 0.3 is 0 Å². The minimum absolute atomic E-state index is 0.320. The molecule has 1 heterocycles. The Labute approximate surface area is 138 Å². The summed E-state index contributed by atoms with van der Waals surface area (Å²) in [6, 6.07) is 16.1. The van der Waals surface area contributed by atoms with Crippen molar-refractivity contribution in [1.82, 2.24) is 0 Å². The molecule has 0 N–H and O–H groups in total. The zero-order valence-electron chi connectivity index (χ0n) is 12.3. The van der Waals surface area contributed by atoms with E-state index in [1.54, 1.807) is 36.4 Å². The van der Waals surface area contributed by atoms with Crippen molar-refractivity contribution < 1.29 is 9.59 Å². The predicted octanol–water partition coefficient (Wildman–Crippen LogP) is 4.60. The molecule has 4 heteroatoms. The second kappa shape index (κ2) is 4.93. The van der Waals surface area contributed by atoms with Crippen LogP contribution in [0.3, 0.4) is 0 Å². The molecule has 0 unspecified atom stereocenters. The Morgan fingerprint density at radius 3 is 2.17 bits per heavy atom. The molecular formula is C19H12ClNO2. The number of hydrogen-bond acceptors (Lipinski definition) is 2. The maximum Gasteiger partial charge on any atom is 0.265 e. The lowest BCUT2D eigenvalue weighted by Crippen LogP contribution is -2.40. The Morgan fingerprint density at radius 1 is 0.826 bits per heavy atom. The van der Waals surface area contributed by atoms with Gasteiger partial charge in [0.1, 0.15) is 0 Å². The van der Waals surface area contributed by atoms with Crippen LogP contribution in [-0.2, 0) is 0 Å². The lowest BCUT2D eigenvalue weighted by Gasteiger charge is -2.27. The summed E-state index contributed by atoms with van der Waals surface area (Å²) in [5, 5.41) is 1.90. The average molecular weight is 322 g/mol. The van der Waals surface area contributed by atoms with E-state index in [0.717, 1.165) is 10.9 Å². The number of amides is 2. The lowest BCUT2D eigenvalue weighted by atomic mass is 9.93. The van der Waals surface area contributed by atoms with E-state index in [4.69, 9.17) is 11.6 Å². The van der Waals surface area contributed by atoms with Crippen LogP contribution in [0, 0.1) is 6.92 Å². The SMILES string of the molecule is Cc1ccc(N2C(=O)c3cccc4c(Cl)ccc(c34)C2=O)cc1. The number of imide groups is 1. The molecule has 112 valence electrons. The summed E-state index contributed by atoms with van der Waals surface area (Å²) in [7, 11) is 0. The maximum absolute atomic E-state index is 12.9. The summed E-state index contributed by atoms with van der Waals surface area (Å²) in [5.74, 6) is -0.640. The van der Waals surface area contributed by atoms with Gasteiger partial charge in [-0.1, -0.05) is 41.4 Å². The summed E-state index contributed by atoms with van der Waals surface area (Å²) in [4.78, 5) is 27.0. The molecule has 0 aliphatic carbocycles. The fraction of sp³-hybridized carbons (Fsp3) is 0.0526. The highest BCUT2D eigenvalue weighted by Crippen LogP contribution is 2.35. The smallest absolute Gasteiger partial charge is 0.265 e. The maximum atomic E-state index is 12.9. The van der Waals surface area contributed by atoms with Crippen molar-refractivity contribution in [2.45, 2.75) is 6.92 Å². The largest absolute Gasteiger partial charge is 0.268 e. The second-order valence-electron chi connectivity index (χ2n) is 5.60. The fourth-order valence-electron chi connectivity index (χ4n) is 2.99. The Bertz CT molecular complexity index is 954. The van der Waals surface area contributed by atoms with Gasteiger partial charge in [-0.3, -0.25) is 9.59 Å². The quantitative estimate of drug-likeness (QED) is 0.614. The van der Waals surface area contributed by atoms with Crippen molar-refractivity contribution in [2.24, 2.45) is 0 Å². The first-order chi connectivity index (χ1) is 11.1. The number of aryl methyl sites for hydroxylation is 1. The highest BCUT2D eigenvalue weighted by Gasteiger charge is 2.34. The molecule has 0 saturated carbocycles. The second-order valence-corrected chi connectivity index (χ2v) is 6.01. The van der Waals surface area contributed by atoms with Gasteiger partial charge in [0.2, 0.25) is 0 Å². The summed E-state index contributed by atoms with van der Waals surface area (Å²) >= 11 is 6.21. The van der Waals surface area contributed by atoms with Crippen molar-refractivity contribution >= 4 is 39.9 Å². The molecule has 0 aromatic heterocycles. The molecular weight excluding hydrogens is 310 g/mol. The average Bonchev–Trinajstić information content (AvgIpc) is 2.56. The van der Waals surface area contributed by atoms with E-state index in [1.807, 2.05) is 25.1 Å². The third-order valence-corrected chi connectivity index (χ3v) is 4.48. The number of hydrogen-bond donors (Lipinski definition) is 0. The van der Waals surface area contributed by atoms with Gasteiger partial charge in [-0.05, 0) is 37.3 Å². The molecule has 3 aromatic carbocycles. The molecule has 1 aliphatic heterocycles. The molecule has 1 aliphatic rings. The Kier molecular flexibility index (Phi) is 3.00. The summed E-state index contributed by atoms with van der Waals surface area (Å²) in [5.41, 5.74) is 2.64. The third kappa shape index (κ3) is 1.97. The summed E-state index contributed by atoms with van der Waals surface area (Å²) in [6.07, 6.45) is 0. The van der Waals surface area contributed by atoms with Crippen LogP contribution in [0.15, 0.2) is 54.6 Å². The number of anilines is 1. The molecule has 4 rings (SSSR count). The standard InChI is InChI=1S/C19H12ClNO2/c1-11-5-7-12(8-6-11)21-18(22)14-4-2-3-13-16(20)10-9-15(17(13)14)19(21)23/h2-10H,1H3. The number of carbonyl (C=O) groups is 2. The molecule has 23 heavy (non-hydrogen) atoms. The van der Waals surface area contributed by atoms with Gasteiger partial charge in [-0.2, -0.15) is 0 Å². The summed E-state index contributed by atoms with van der Waals surface area (Å²) < 4.78 is 0. The van der Waals surface area contributed by atoms with Crippen molar-refractivity contribution in [3.8, 4) is 0 Å². The van der Waals surface area contributed by atoms with Crippen LogP contribution < -0.4 is 4.90 Å². The van der Waals surface area contributed by atoms with Gasteiger partial charge < -0.3 is 0 Å². The molecule has 0 bridgehead atoms. The highest BCUT2D eigenvalue weighted by atomic mass is 35.5. The molecule has 0 atom stereocenters. The van der Waals surface area contributed by atoms with Crippen LogP contribution >= 0.6 is 11.6 Å². The summed E-state index contributed by atoms with van der Waals surface area (Å²) in [6.45, 7) is 1.96. The van der Waals surface area contributed by atoms with Crippen molar-refractivity contribution in [3.63, 3.8) is 0 Å². The van der Waals surface area contributed by atoms with Gasteiger partial charge in [0, 0.05) is 26.9 Å². The molecule has 2 amide bonds. The molecule has 0 fully saturated rings. The Hall–Kier alpha value is -2.65. The number of carbonyl (C=O) groups excluding carboxylic acids is 2. The van der Waals surface area contributed by atoms with Crippen molar-refractivity contribution in [3.05, 3.63) is 76.3 Å². The zero-order chi connectivity index (χ0) is 16.1. The van der Waals surface area contributed by atoms with Gasteiger partial charge in [0.05, 0.1) is 5.69 Å². The zero-order valence-corrected chi connectivity index (χ0v) is 13.1. The van der Waals surface area contributed by atoms with E-state index < -0.39 is 0 Å². The monoisotopic (exact) mass is 321 g/mol. The molecule has 3 nitrogen and oxygen atoms in total. The van der Waals surface area contributed by atoms with Gasteiger partial charge in [-0.15, -0.1) is 0 Å². The fourth-order valence-corrected chi connectivity index (χ4v) is 3.21. The van der Waals surface area contributed by atoms with Crippen LogP contribution in [0.25, 0.3) is 10.8 Å². The van der Waals surface area contributed by atoms with Crippen molar-refractivity contribution in [1.29, 1.82) is 0 Å². The first-order valence-corrected chi connectivity index (χ1v) is 7.62. The number of nitrogens with zero attached hydrogens (tertiary/aromatic N) is 1. The minimum atomic E-state index is -0.320. The predicted molar refractivity (Wildman–Crippen MR) is 91.3 cm³/mol. The Morgan fingerprint density at radius 2 is 1.48 bits per heavy atom. The lowest BCUT2D eigenvalue weighted by molar-refractivity contribution is 0.0893. The van der Waals surface area contributed by atoms with Crippen LogP contribution in [-0.4, -0.2) is 11.8 Å². The molecule has 0 saturated heterocycles. The van der Waals surface area contributed by atoms with Crippen LogP contribution in [0.1, 0.15) is 26.3 Å². The van der Waals surface area contributed by atoms with E-state index in [1.165, 1.54) is 4.90 Å². The van der Waals surface area contributed by atoms with Crippen molar-refractivity contribution in [2.75, 3.05) is 4.90 Å². The minimum Gasteiger partial charge on any atom is -0.268 e. The topological polar surface area (TPSA) is 37.4 Å². The number of benzene rings is 3. The highest BCUT2D eigenvalue weighted by molar-refractivity contribution is 6.40. The van der Waals surface area contributed by atoms with Gasteiger partial charge in [0.25, 0.3) is 11.8 Å². The normalized spacial score (nSPS) is 13.7. The van der Waals surface area contributed by atoms with E-state index >= 15 is 0 Å². The van der Waals surface area contributed by atoms with Crippen LogP contribution in [0.2, 0.25) is 5.02 Å². The van der Waals surface area contributed by atoms with E-state index in [9.17, 15) is 9.59 Å². The Balaban J connectivity index is 1.99.